The van der Waals surface area contributed by atoms with Gasteiger partial charge >= 0.3 is 5.97 Å². The van der Waals surface area contributed by atoms with Gasteiger partial charge in [0.05, 0.1) is 18.0 Å². The van der Waals surface area contributed by atoms with Gasteiger partial charge in [-0.2, -0.15) is 5.10 Å². The molecule has 0 radical (unpaired) electrons. The van der Waals surface area contributed by atoms with Crippen molar-refractivity contribution < 1.29 is 19.1 Å². The third-order valence-corrected chi connectivity index (χ3v) is 5.12. The number of esters is 1. The van der Waals surface area contributed by atoms with Crippen molar-refractivity contribution in [2.45, 2.75) is 26.8 Å². The number of benzene rings is 1. The Morgan fingerprint density at radius 2 is 1.83 bits per heavy atom. The second-order valence-electron chi connectivity index (χ2n) is 7.28. The molecule has 3 aromatic rings. The van der Waals surface area contributed by atoms with E-state index in [1.165, 1.54) is 7.05 Å². The standard InChI is InChI=1S/C22H25N3O5/c1-13-10-18(15(3)25(13)14(2)11-29-5)19(26)12-30-22(28)20-16-8-6-7-9-17(16)21(27)24(4)23-20/h6-10,14H,11-12H2,1-5H3/t14-/m0/s1. The average Bonchev–Trinajstić information content (AvgIpc) is 3.03. The van der Waals surface area contributed by atoms with Gasteiger partial charge in [-0.05, 0) is 32.9 Å². The number of ketones is 1. The maximum absolute atomic E-state index is 12.7. The number of aromatic nitrogens is 3. The van der Waals surface area contributed by atoms with Gasteiger partial charge in [0, 0.05) is 36.5 Å². The summed E-state index contributed by atoms with van der Waals surface area (Å²) in [7, 11) is 3.10. The summed E-state index contributed by atoms with van der Waals surface area (Å²) in [6.07, 6.45) is 0. The second kappa shape index (κ2) is 8.62. The SMILES string of the molecule is COC[C@H](C)n1c(C)cc(C(=O)COC(=O)c2nn(C)c(=O)c3ccccc23)c1C. The fourth-order valence-corrected chi connectivity index (χ4v) is 3.78. The minimum Gasteiger partial charge on any atom is -0.452 e. The number of nitrogens with zero attached hydrogens (tertiary/aromatic N) is 3. The van der Waals surface area contributed by atoms with Crippen molar-refractivity contribution in [1.82, 2.24) is 14.3 Å². The molecule has 0 aliphatic heterocycles. The van der Waals surface area contributed by atoms with Gasteiger partial charge in [-0.3, -0.25) is 9.59 Å². The van der Waals surface area contributed by atoms with Gasteiger partial charge < -0.3 is 14.0 Å². The fraction of sp³-hybridized carbons (Fsp3) is 0.364. The van der Waals surface area contributed by atoms with Crippen LogP contribution in [0.2, 0.25) is 0 Å². The molecule has 0 saturated carbocycles. The number of carbonyl (C=O) groups excluding carboxylic acids is 2. The van der Waals surface area contributed by atoms with Crippen molar-refractivity contribution in [3.8, 4) is 0 Å². The summed E-state index contributed by atoms with van der Waals surface area (Å²) in [4.78, 5) is 37.6. The Bertz CT molecular complexity index is 1180. The molecule has 1 atom stereocenters. The lowest BCUT2D eigenvalue weighted by molar-refractivity contribution is 0.0468. The topological polar surface area (TPSA) is 92.4 Å². The van der Waals surface area contributed by atoms with Crippen LogP contribution in [-0.2, 0) is 16.5 Å². The van der Waals surface area contributed by atoms with Crippen LogP contribution in [0.4, 0.5) is 0 Å². The van der Waals surface area contributed by atoms with E-state index in [0.29, 0.717) is 22.9 Å². The second-order valence-corrected chi connectivity index (χ2v) is 7.28. The minimum atomic E-state index is -0.753. The highest BCUT2D eigenvalue weighted by atomic mass is 16.5. The molecule has 1 aromatic carbocycles. The molecule has 2 heterocycles. The lowest BCUT2D eigenvalue weighted by Gasteiger charge is -2.17. The van der Waals surface area contributed by atoms with Crippen LogP contribution < -0.4 is 5.56 Å². The van der Waals surface area contributed by atoms with Crippen molar-refractivity contribution in [2.75, 3.05) is 20.3 Å². The number of aryl methyl sites for hydroxylation is 2. The summed E-state index contributed by atoms with van der Waals surface area (Å²) in [5.41, 5.74) is 1.92. The van der Waals surface area contributed by atoms with E-state index in [2.05, 4.69) is 5.10 Å². The number of hydrogen-bond acceptors (Lipinski definition) is 6. The van der Waals surface area contributed by atoms with Crippen molar-refractivity contribution in [1.29, 1.82) is 0 Å². The molecule has 0 fully saturated rings. The van der Waals surface area contributed by atoms with Gasteiger partial charge in [-0.1, -0.05) is 18.2 Å². The number of rotatable bonds is 7. The monoisotopic (exact) mass is 411 g/mol. The van der Waals surface area contributed by atoms with E-state index < -0.39 is 12.6 Å². The van der Waals surface area contributed by atoms with Gasteiger partial charge in [0.15, 0.2) is 12.3 Å². The summed E-state index contributed by atoms with van der Waals surface area (Å²) < 4.78 is 13.6. The maximum Gasteiger partial charge on any atom is 0.359 e. The van der Waals surface area contributed by atoms with E-state index >= 15 is 0 Å². The van der Waals surface area contributed by atoms with Crippen LogP contribution in [0, 0.1) is 13.8 Å². The quantitative estimate of drug-likeness (QED) is 0.438. The van der Waals surface area contributed by atoms with Crippen LogP contribution in [-0.4, -0.2) is 46.4 Å². The fourth-order valence-electron chi connectivity index (χ4n) is 3.78. The van der Waals surface area contributed by atoms with E-state index in [-0.39, 0.29) is 23.1 Å². The number of ether oxygens (including phenoxy) is 2. The first-order valence-electron chi connectivity index (χ1n) is 9.60. The lowest BCUT2D eigenvalue weighted by atomic mass is 10.1. The Hall–Kier alpha value is -3.26. The molecule has 8 nitrogen and oxygen atoms in total. The van der Waals surface area contributed by atoms with E-state index in [0.717, 1.165) is 16.1 Å². The van der Waals surface area contributed by atoms with Crippen LogP contribution in [0.1, 0.15) is 45.2 Å². The van der Waals surface area contributed by atoms with Crippen LogP contribution in [0.15, 0.2) is 35.1 Å². The van der Waals surface area contributed by atoms with Crippen molar-refractivity contribution in [3.05, 3.63) is 63.3 Å². The van der Waals surface area contributed by atoms with Gasteiger partial charge in [-0.25, -0.2) is 9.48 Å². The molecule has 0 aliphatic carbocycles. The summed E-state index contributed by atoms with van der Waals surface area (Å²) in [5.74, 6) is -1.06. The number of carbonyl (C=O) groups is 2. The third kappa shape index (κ3) is 3.91. The average molecular weight is 411 g/mol. The smallest absolute Gasteiger partial charge is 0.359 e. The zero-order chi connectivity index (χ0) is 22.0. The molecule has 0 amide bonds. The first-order chi connectivity index (χ1) is 14.3. The Balaban J connectivity index is 1.82. The van der Waals surface area contributed by atoms with Gasteiger partial charge in [0.2, 0.25) is 5.78 Å². The number of hydrogen-bond donors (Lipinski definition) is 0. The molecular formula is C22H25N3O5. The molecule has 8 heteroatoms. The molecule has 3 rings (SSSR count). The molecule has 2 aromatic heterocycles. The molecule has 30 heavy (non-hydrogen) atoms. The largest absolute Gasteiger partial charge is 0.452 e. The van der Waals surface area contributed by atoms with E-state index in [4.69, 9.17) is 9.47 Å². The first-order valence-corrected chi connectivity index (χ1v) is 9.60. The maximum atomic E-state index is 12.7. The Kier molecular flexibility index (Phi) is 6.17. The molecule has 0 saturated heterocycles. The van der Waals surface area contributed by atoms with E-state index in [1.54, 1.807) is 37.4 Å². The van der Waals surface area contributed by atoms with Crippen LogP contribution in [0.3, 0.4) is 0 Å². The Labute approximate surface area is 174 Å². The predicted molar refractivity (Wildman–Crippen MR) is 112 cm³/mol. The lowest BCUT2D eigenvalue weighted by Crippen LogP contribution is -2.24. The van der Waals surface area contributed by atoms with Gasteiger partial charge in [-0.15, -0.1) is 0 Å². The van der Waals surface area contributed by atoms with E-state index in [9.17, 15) is 14.4 Å². The van der Waals surface area contributed by atoms with Crippen molar-refractivity contribution >= 4 is 22.5 Å². The Morgan fingerprint density at radius 3 is 2.50 bits per heavy atom. The van der Waals surface area contributed by atoms with Gasteiger partial charge in [0.25, 0.3) is 5.56 Å². The summed E-state index contributed by atoms with van der Waals surface area (Å²) in [6, 6.07) is 8.53. The predicted octanol–water partition coefficient (Wildman–Crippen LogP) is 2.60. The molecular weight excluding hydrogens is 386 g/mol. The zero-order valence-corrected chi connectivity index (χ0v) is 17.8. The van der Waals surface area contributed by atoms with Crippen molar-refractivity contribution in [3.63, 3.8) is 0 Å². The highest BCUT2D eigenvalue weighted by Crippen LogP contribution is 2.21. The first kappa shape index (κ1) is 21.4. The summed E-state index contributed by atoms with van der Waals surface area (Å²) in [6.45, 7) is 5.89. The van der Waals surface area contributed by atoms with Crippen LogP contribution >= 0.6 is 0 Å². The number of fused-ring (bicyclic) bond motifs is 1. The summed E-state index contributed by atoms with van der Waals surface area (Å²) >= 11 is 0. The van der Waals surface area contributed by atoms with Crippen LogP contribution in [0.5, 0.6) is 0 Å². The highest BCUT2D eigenvalue weighted by Gasteiger charge is 2.22. The summed E-state index contributed by atoms with van der Waals surface area (Å²) in [5, 5.41) is 4.79. The normalized spacial score (nSPS) is 12.2. The molecule has 0 bridgehead atoms. The molecule has 0 aliphatic rings. The number of Topliss-reactive ketones (excluding diaryl/α,β-unsaturated/α-hetero) is 1. The molecule has 158 valence electrons. The van der Waals surface area contributed by atoms with Gasteiger partial charge in [0.1, 0.15) is 0 Å². The minimum absolute atomic E-state index is 0.000288. The Morgan fingerprint density at radius 1 is 1.17 bits per heavy atom. The zero-order valence-electron chi connectivity index (χ0n) is 17.8. The molecule has 0 spiro atoms. The van der Waals surface area contributed by atoms with Crippen molar-refractivity contribution in [2.24, 2.45) is 7.05 Å². The third-order valence-electron chi connectivity index (χ3n) is 5.12. The van der Waals surface area contributed by atoms with Crippen LogP contribution in [0.25, 0.3) is 10.8 Å². The molecule has 0 unspecified atom stereocenters. The van der Waals surface area contributed by atoms with E-state index in [1.807, 2.05) is 25.3 Å². The number of methoxy groups -OCH3 is 1. The highest BCUT2D eigenvalue weighted by molar-refractivity contribution is 6.04. The molecule has 0 N–H and O–H groups in total.